The third kappa shape index (κ3) is 6.21. The molecule has 0 radical (unpaired) electrons. The highest BCUT2D eigenvalue weighted by molar-refractivity contribution is 7.71. The summed E-state index contributed by atoms with van der Waals surface area (Å²) in [4.78, 5) is 17.3. The lowest BCUT2D eigenvalue weighted by atomic mass is 10.3. The Bertz CT molecular complexity index is 937. The molecule has 6 N–H and O–H groups in total. The molecular weight excluding hydrogens is 354 g/mol. The quantitative estimate of drug-likeness (QED) is 0.421. The summed E-state index contributed by atoms with van der Waals surface area (Å²) in [6.07, 6.45) is 6.77. The molecule has 25 heavy (non-hydrogen) atoms. The second-order valence-electron chi connectivity index (χ2n) is 4.83. The van der Waals surface area contributed by atoms with Crippen molar-refractivity contribution in [3.05, 3.63) is 76.3 Å². The van der Waals surface area contributed by atoms with Crippen LogP contribution in [0.5, 0.6) is 0 Å². The average molecular weight is 371 g/mol. The lowest BCUT2D eigenvalue weighted by Gasteiger charge is -2.07. The molecule has 0 fully saturated rings. The number of aromatic nitrogens is 2. The van der Waals surface area contributed by atoms with Crippen molar-refractivity contribution in [3.63, 3.8) is 0 Å². The zero-order chi connectivity index (χ0) is 18.1. The number of nitrogens with two attached hydrogens (primary N) is 1. The van der Waals surface area contributed by atoms with Crippen LogP contribution in [0.25, 0.3) is 0 Å². The number of para-hydroxylation sites is 1. The Labute approximate surface area is 155 Å². The molecule has 0 saturated heterocycles. The maximum atomic E-state index is 11.7. The predicted molar refractivity (Wildman–Crippen MR) is 107 cm³/mol. The summed E-state index contributed by atoms with van der Waals surface area (Å²) in [5.41, 5.74) is 7.32. The van der Waals surface area contributed by atoms with Gasteiger partial charge in [0.05, 0.1) is 20.4 Å². The summed E-state index contributed by atoms with van der Waals surface area (Å²) >= 11 is 9.88. The molecule has 0 spiro atoms. The predicted octanol–water partition coefficient (Wildman–Crippen LogP) is 4.71. The molecule has 2 heterocycles. The number of nitrogen functional groups attached to an aromatic ring is 1. The molecule has 0 unspecified atom stereocenters. The van der Waals surface area contributed by atoms with Gasteiger partial charge in [-0.1, -0.05) is 42.6 Å². The number of carbonyl (C=O) groups excluding carboxylic acids is 1. The third-order valence-electron chi connectivity index (χ3n) is 2.96. The molecular formula is C17H17N5OS2. The van der Waals surface area contributed by atoms with Crippen molar-refractivity contribution >= 4 is 47.5 Å². The van der Waals surface area contributed by atoms with Crippen LogP contribution in [0.15, 0.2) is 67.3 Å². The highest BCUT2D eigenvalue weighted by Crippen LogP contribution is 2.09. The lowest BCUT2D eigenvalue weighted by Crippen LogP contribution is -2.19. The third-order valence-corrected chi connectivity index (χ3v) is 3.69. The number of carbonyl (C=O) groups is 1. The summed E-state index contributed by atoms with van der Waals surface area (Å²) < 4.78 is 1.29. The highest BCUT2D eigenvalue weighted by Gasteiger charge is 2.02. The first-order valence-corrected chi connectivity index (χ1v) is 8.10. The Morgan fingerprint density at radius 1 is 0.880 bits per heavy atom. The molecule has 0 aliphatic carbocycles. The van der Waals surface area contributed by atoms with Crippen LogP contribution >= 0.6 is 24.4 Å². The Kier molecular flexibility index (Phi) is 6.87. The maximum absolute atomic E-state index is 11.7. The summed E-state index contributed by atoms with van der Waals surface area (Å²) in [7, 11) is 0. The lowest BCUT2D eigenvalue weighted by molar-refractivity contribution is 0.262. The van der Waals surface area contributed by atoms with E-state index >= 15 is 0 Å². The van der Waals surface area contributed by atoms with Crippen molar-refractivity contribution in [2.24, 2.45) is 0 Å². The molecule has 2 amide bonds. The van der Waals surface area contributed by atoms with Gasteiger partial charge in [-0.3, -0.25) is 0 Å². The van der Waals surface area contributed by atoms with Gasteiger partial charge in [-0.05, 0) is 24.3 Å². The molecule has 6 nitrogen and oxygen atoms in total. The van der Waals surface area contributed by atoms with Crippen LogP contribution in [0.3, 0.4) is 0 Å². The van der Waals surface area contributed by atoms with E-state index in [9.17, 15) is 4.79 Å². The summed E-state index contributed by atoms with van der Waals surface area (Å²) in [5, 5.41) is 5.38. The number of hydrogen-bond acceptors (Lipinski definition) is 4. The molecule has 0 aliphatic rings. The van der Waals surface area contributed by atoms with Gasteiger partial charge in [0, 0.05) is 30.5 Å². The molecule has 0 bridgehead atoms. The fraction of sp³-hybridized carbons (Fsp3) is 0. The van der Waals surface area contributed by atoms with Gasteiger partial charge in [-0.2, -0.15) is 0 Å². The average Bonchev–Trinajstić information content (AvgIpc) is 2.61. The van der Waals surface area contributed by atoms with Gasteiger partial charge in [0.1, 0.15) is 0 Å². The van der Waals surface area contributed by atoms with E-state index in [0.29, 0.717) is 20.4 Å². The summed E-state index contributed by atoms with van der Waals surface area (Å²) in [5.74, 6) is 0. The van der Waals surface area contributed by atoms with Crippen molar-refractivity contribution < 1.29 is 4.79 Å². The molecule has 0 atom stereocenters. The number of pyridine rings is 2. The number of benzene rings is 1. The zero-order valence-electron chi connectivity index (χ0n) is 13.2. The number of amides is 2. The highest BCUT2D eigenvalue weighted by atomic mass is 32.1. The Balaban J connectivity index is 0.000000236. The Hall–Kier alpha value is -2.97. The summed E-state index contributed by atoms with van der Waals surface area (Å²) in [6, 6.07) is 12.4. The van der Waals surface area contributed by atoms with E-state index in [-0.39, 0.29) is 6.03 Å². The number of urea groups is 1. The first kappa shape index (κ1) is 18.4. The fourth-order valence-corrected chi connectivity index (χ4v) is 2.05. The van der Waals surface area contributed by atoms with E-state index in [4.69, 9.17) is 30.2 Å². The van der Waals surface area contributed by atoms with E-state index in [2.05, 4.69) is 20.6 Å². The van der Waals surface area contributed by atoms with Crippen LogP contribution in [-0.4, -0.2) is 16.0 Å². The van der Waals surface area contributed by atoms with Crippen LogP contribution in [-0.2, 0) is 0 Å². The smallest absolute Gasteiger partial charge is 0.323 e. The number of aromatic amines is 2. The van der Waals surface area contributed by atoms with E-state index < -0.39 is 0 Å². The second kappa shape index (κ2) is 9.36. The van der Waals surface area contributed by atoms with Crippen molar-refractivity contribution in [2.75, 3.05) is 16.4 Å². The number of anilines is 3. The van der Waals surface area contributed by atoms with Crippen LogP contribution < -0.4 is 16.4 Å². The van der Waals surface area contributed by atoms with Crippen LogP contribution in [0.2, 0.25) is 0 Å². The van der Waals surface area contributed by atoms with Crippen LogP contribution in [0, 0.1) is 9.02 Å². The molecule has 0 saturated carbocycles. The van der Waals surface area contributed by atoms with Crippen molar-refractivity contribution in [1.29, 1.82) is 0 Å². The molecule has 0 aliphatic heterocycles. The van der Waals surface area contributed by atoms with Gasteiger partial charge in [-0.25, -0.2) is 4.79 Å². The maximum Gasteiger partial charge on any atom is 0.323 e. The molecule has 128 valence electrons. The number of H-pyrrole nitrogens is 2. The largest absolute Gasteiger partial charge is 0.396 e. The van der Waals surface area contributed by atoms with Gasteiger partial charge >= 0.3 is 6.03 Å². The molecule has 2 aromatic heterocycles. The van der Waals surface area contributed by atoms with Gasteiger partial charge in [-0.15, -0.1) is 0 Å². The Morgan fingerprint density at radius 3 is 2.08 bits per heavy atom. The SMILES string of the molecule is Nc1c[nH]ccc1=S.O=C(Nc1ccccc1)Nc1c[nH]ccc1=S. The molecule has 1 aromatic carbocycles. The number of rotatable bonds is 2. The Morgan fingerprint density at radius 2 is 1.52 bits per heavy atom. The van der Waals surface area contributed by atoms with Crippen LogP contribution in [0.1, 0.15) is 0 Å². The monoisotopic (exact) mass is 371 g/mol. The molecule has 8 heteroatoms. The van der Waals surface area contributed by atoms with E-state index in [1.165, 1.54) is 0 Å². The minimum absolute atomic E-state index is 0.318. The zero-order valence-corrected chi connectivity index (χ0v) is 14.8. The number of hydrogen-bond donors (Lipinski definition) is 5. The number of nitrogens with one attached hydrogen (secondary N) is 4. The normalized spacial score (nSPS) is 9.44. The van der Waals surface area contributed by atoms with E-state index in [0.717, 1.165) is 5.69 Å². The van der Waals surface area contributed by atoms with Crippen molar-refractivity contribution in [1.82, 2.24) is 9.97 Å². The molecule has 3 aromatic rings. The first-order valence-electron chi connectivity index (χ1n) is 7.29. The topological polar surface area (TPSA) is 98.7 Å². The molecule has 3 rings (SSSR count). The second-order valence-corrected chi connectivity index (χ2v) is 5.71. The minimum Gasteiger partial charge on any atom is -0.396 e. The fourth-order valence-electron chi connectivity index (χ4n) is 1.75. The van der Waals surface area contributed by atoms with Gasteiger partial charge in [0.2, 0.25) is 0 Å². The van der Waals surface area contributed by atoms with Gasteiger partial charge in [0.15, 0.2) is 0 Å². The minimum atomic E-state index is -0.318. The van der Waals surface area contributed by atoms with E-state index in [1.54, 1.807) is 36.9 Å². The van der Waals surface area contributed by atoms with Crippen molar-refractivity contribution in [2.45, 2.75) is 0 Å². The van der Waals surface area contributed by atoms with Crippen LogP contribution in [0.4, 0.5) is 21.9 Å². The van der Waals surface area contributed by atoms with E-state index in [1.807, 2.05) is 30.3 Å². The standard InChI is InChI=1S/C12H11N3OS.C5H6N2S/c16-12(14-9-4-2-1-3-5-9)15-10-8-13-7-6-11(10)17;6-4-3-7-2-1-5(4)8/h1-8H,(H,13,17)(H2,14,15,16);1-3H,6H2,(H,7,8). The van der Waals surface area contributed by atoms with Gasteiger partial charge in [0.25, 0.3) is 0 Å². The van der Waals surface area contributed by atoms with Gasteiger partial charge < -0.3 is 26.3 Å². The van der Waals surface area contributed by atoms with Crippen molar-refractivity contribution in [3.8, 4) is 0 Å². The first-order chi connectivity index (χ1) is 12.1. The summed E-state index contributed by atoms with van der Waals surface area (Å²) in [6.45, 7) is 0.